The molecule has 1 aliphatic carbocycles. The monoisotopic (exact) mass is 431 g/mol. The molecule has 1 aliphatic heterocycles. The Bertz CT molecular complexity index is 1130. The lowest BCUT2D eigenvalue weighted by atomic mass is 9.93. The fourth-order valence-corrected chi connectivity index (χ4v) is 5.00. The van der Waals surface area contributed by atoms with Gasteiger partial charge in [-0.1, -0.05) is 43.9 Å². The number of carbonyl (C=O) groups excluding carboxylic acids is 2. The Hall–Kier alpha value is -3.22. The van der Waals surface area contributed by atoms with Crippen LogP contribution in [0, 0.1) is 0 Å². The topological polar surface area (TPSA) is 80.1 Å². The third kappa shape index (κ3) is 3.66. The number of aromatic nitrogens is 3. The average molecular weight is 432 g/mol. The number of hydrogen-bond donors (Lipinski definition) is 1. The van der Waals surface area contributed by atoms with Crippen LogP contribution >= 0.6 is 0 Å². The van der Waals surface area contributed by atoms with E-state index in [0.29, 0.717) is 12.4 Å². The third-order valence-electron chi connectivity index (χ3n) is 6.88. The third-order valence-corrected chi connectivity index (χ3v) is 6.88. The Kier molecular flexibility index (Phi) is 5.41. The molecule has 1 saturated carbocycles. The molecule has 0 unspecified atom stereocenters. The van der Waals surface area contributed by atoms with E-state index in [1.807, 2.05) is 54.0 Å². The van der Waals surface area contributed by atoms with E-state index < -0.39 is 5.54 Å². The van der Waals surface area contributed by atoms with Crippen LogP contribution in [0.3, 0.4) is 0 Å². The lowest BCUT2D eigenvalue weighted by molar-refractivity contribution is -0.134. The second kappa shape index (κ2) is 8.37. The van der Waals surface area contributed by atoms with Gasteiger partial charge in [-0.3, -0.25) is 14.6 Å². The van der Waals surface area contributed by atoms with E-state index in [-0.39, 0.29) is 24.4 Å². The van der Waals surface area contributed by atoms with Crippen LogP contribution in [0.15, 0.2) is 48.7 Å². The van der Waals surface area contributed by atoms with E-state index in [1.54, 1.807) is 11.1 Å². The summed E-state index contributed by atoms with van der Waals surface area (Å²) >= 11 is 0. The van der Waals surface area contributed by atoms with Crippen LogP contribution in [-0.2, 0) is 17.9 Å². The van der Waals surface area contributed by atoms with Gasteiger partial charge < -0.3 is 14.8 Å². The Labute approximate surface area is 187 Å². The molecular formula is C25H29N5O2. The van der Waals surface area contributed by atoms with Crippen molar-refractivity contribution in [1.29, 1.82) is 0 Å². The van der Waals surface area contributed by atoms with Crippen molar-refractivity contribution >= 4 is 22.8 Å². The molecule has 1 aromatic carbocycles. The van der Waals surface area contributed by atoms with Crippen LogP contribution in [0.2, 0.25) is 0 Å². The predicted molar refractivity (Wildman–Crippen MR) is 122 cm³/mol. The van der Waals surface area contributed by atoms with E-state index >= 15 is 0 Å². The van der Waals surface area contributed by atoms with Crippen molar-refractivity contribution in [1.82, 2.24) is 24.8 Å². The molecule has 5 rings (SSSR count). The number of imidazole rings is 1. The first kappa shape index (κ1) is 20.7. The number of benzene rings is 1. The molecule has 1 N–H and O–H groups in total. The first-order chi connectivity index (χ1) is 15.6. The molecule has 2 aromatic heterocycles. The molecule has 32 heavy (non-hydrogen) atoms. The summed E-state index contributed by atoms with van der Waals surface area (Å²) in [7, 11) is 0. The normalized spacial score (nSPS) is 21.9. The minimum atomic E-state index is -1.04. The van der Waals surface area contributed by atoms with E-state index in [2.05, 4.69) is 15.3 Å². The molecule has 3 aromatic rings. The highest BCUT2D eigenvalue weighted by molar-refractivity contribution is 6.01. The van der Waals surface area contributed by atoms with Crippen LogP contribution < -0.4 is 5.32 Å². The predicted octanol–water partition coefficient (Wildman–Crippen LogP) is 3.69. The van der Waals surface area contributed by atoms with Gasteiger partial charge in [0.2, 0.25) is 5.91 Å². The van der Waals surface area contributed by atoms with Crippen LogP contribution in [0.25, 0.3) is 11.0 Å². The molecular weight excluding hydrogens is 402 g/mol. The largest absolute Gasteiger partial charge is 0.351 e. The summed E-state index contributed by atoms with van der Waals surface area (Å²) in [6.07, 6.45) is 8.41. The summed E-state index contributed by atoms with van der Waals surface area (Å²) in [5.41, 5.74) is 1.35. The molecule has 1 atom stereocenters. The Morgan fingerprint density at radius 1 is 1.09 bits per heavy atom. The number of nitrogens with zero attached hydrogens (tertiary/aromatic N) is 4. The Morgan fingerprint density at radius 2 is 1.84 bits per heavy atom. The SMILES string of the molecule is C[C@]1(C(=O)NC2CCCCCC2)Cn2c(nc3ccccc32)C(=O)N1Cc1ccccn1. The fourth-order valence-electron chi connectivity index (χ4n) is 5.00. The van der Waals surface area contributed by atoms with Crippen LogP contribution in [0.1, 0.15) is 61.8 Å². The first-order valence-corrected chi connectivity index (χ1v) is 11.5. The van der Waals surface area contributed by atoms with Crippen molar-refractivity contribution in [2.45, 2.75) is 70.1 Å². The summed E-state index contributed by atoms with van der Waals surface area (Å²) in [4.78, 5) is 38.1. The van der Waals surface area contributed by atoms with E-state index in [1.165, 1.54) is 12.8 Å². The summed E-state index contributed by atoms with van der Waals surface area (Å²) < 4.78 is 1.90. The fraction of sp³-hybridized carbons (Fsp3) is 0.440. The maximum Gasteiger partial charge on any atom is 0.291 e. The number of nitrogens with one attached hydrogen (secondary N) is 1. The smallest absolute Gasteiger partial charge is 0.291 e. The lowest BCUT2D eigenvalue weighted by Gasteiger charge is -2.44. The van der Waals surface area contributed by atoms with Crippen LogP contribution in [-0.4, -0.2) is 42.8 Å². The van der Waals surface area contributed by atoms with Gasteiger partial charge in [-0.25, -0.2) is 4.98 Å². The van der Waals surface area contributed by atoms with Gasteiger partial charge >= 0.3 is 0 Å². The number of carbonyl (C=O) groups is 2. The molecule has 7 heteroatoms. The second-order valence-corrected chi connectivity index (χ2v) is 9.16. The van der Waals surface area contributed by atoms with Gasteiger partial charge in [-0.2, -0.15) is 0 Å². The number of rotatable bonds is 4. The Morgan fingerprint density at radius 3 is 2.59 bits per heavy atom. The number of amides is 2. The van der Waals surface area contributed by atoms with Crippen molar-refractivity contribution in [3.05, 3.63) is 60.2 Å². The van der Waals surface area contributed by atoms with E-state index in [0.717, 1.165) is 42.4 Å². The number of fused-ring (bicyclic) bond motifs is 3. The van der Waals surface area contributed by atoms with Crippen molar-refractivity contribution in [3.63, 3.8) is 0 Å². The number of pyridine rings is 1. The Balaban J connectivity index is 1.53. The summed E-state index contributed by atoms with van der Waals surface area (Å²) in [6, 6.07) is 13.5. The van der Waals surface area contributed by atoms with Gasteiger partial charge in [0.25, 0.3) is 5.91 Å². The molecule has 166 valence electrons. The zero-order chi connectivity index (χ0) is 22.1. The first-order valence-electron chi connectivity index (χ1n) is 11.5. The molecule has 2 aliphatic rings. The quantitative estimate of drug-likeness (QED) is 0.639. The highest BCUT2D eigenvalue weighted by atomic mass is 16.2. The molecule has 0 spiro atoms. The summed E-state index contributed by atoms with van der Waals surface area (Å²) in [6.45, 7) is 2.50. The average Bonchev–Trinajstić information content (AvgIpc) is 2.98. The van der Waals surface area contributed by atoms with E-state index in [9.17, 15) is 9.59 Å². The highest BCUT2D eigenvalue weighted by Gasteiger charge is 2.49. The van der Waals surface area contributed by atoms with Gasteiger partial charge in [0.05, 0.1) is 29.8 Å². The van der Waals surface area contributed by atoms with Gasteiger partial charge in [0, 0.05) is 12.2 Å². The van der Waals surface area contributed by atoms with Gasteiger partial charge in [-0.15, -0.1) is 0 Å². The summed E-state index contributed by atoms with van der Waals surface area (Å²) in [5, 5.41) is 3.29. The zero-order valence-corrected chi connectivity index (χ0v) is 18.5. The standard InChI is InChI=1S/C25H29N5O2/c1-25(24(32)27-18-10-4-2-3-5-11-18)17-29-21-14-7-6-13-20(21)28-22(29)23(31)30(25)16-19-12-8-9-15-26-19/h6-9,12-15,18H,2-5,10-11,16-17H2,1H3,(H,27,32)/t25-/m1/s1. The minimum absolute atomic E-state index is 0.0999. The van der Waals surface area contributed by atoms with Crippen molar-refractivity contribution < 1.29 is 9.59 Å². The molecule has 0 saturated heterocycles. The molecule has 0 radical (unpaired) electrons. The number of hydrogen-bond acceptors (Lipinski definition) is 4. The van der Waals surface area contributed by atoms with Crippen molar-refractivity contribution in [2.75, 3.05) is 0 Å². The van der Waals surface area contributed by atoms with Gasteiger partial charge in [0.15, 0.2) is 5.82 Å². The molecule has 1 fully saturated rings. The van der Waals surface area contributed by atoms with E-state index in [4.69, 9.17) is 0 Å². The molecule has 3 heterocycles. The van der Waals surface area contributed by atoms with Crippen molar-refractivity contribution in [3.8, 4) is 0 Å². The van der Waals surface area contributed by atoms with Crippen LogP contribution in [0.5, 0.6) is 0 Å². The number of para-hydroxylation sites is 2. The zero-order valence-electron chi connectivity index (χ0n) is 18.5. The van der Waals surface area contributed by atoms with Crippen molar-refractivity contribution in [2.24, 2.45) is 0 Å². The lowest BCUT2D eigenvalue weighted by Crippen LogP contribution is -2.64. The van der Waals surface area contributed by atoms with Gasteiger partial charge in [0.1, 0.15) is 5.54 Å². The molecule has 2 amide bonds. The maximum atomic E-state index is 13.8. The van der Waals surface area contributed by atoms with Gasteiger partial charge in [-0.05, 0) is 44.0 Å². The highest BCUT2D eigenvalue weighted by Crippen LogP contribution is 2.32. The summed E-state index contributed by atoms with van der Waals surface area (Å²) in [5.74, 6) is 0.0376. The molecule has 7 nitrogen and oxygen atoms in total. The minimum Gasteiger partial charge on any atom is -0.351 e. The molecule has 0 bridgehead atoms. The maximum absolute atomic E-state index is 13.8. The van der Waals surface area contributed by atoms with Crippen LogP contribution in [0.4, 0.5) is 0 Å². The second-order valence-electron chi connectivity index (χ2n) is 9.16.